The predicted molar refractivity (Wildman–Crippen MR) is 58.1 cm³/mol. The van der Waals surface area contributed by atoms with Gasteiger partial charge in [-0.15, -0.1) is 0 Å². The number of imide groups is 1. The largest absolute Gasteiger partial charge is 0.269 e. The number of benzene rings is 1. The molecule has 1 heterocycles. The molecule has 0 unspecified atom stereocenters. The summed E-state index contributed by atoms with van der Waals surface area (Å²) in [5, 5.41) is -0.175. The Kier molecular flexibility index (Phi) is 2.69. The van der Waals surface area contributed by atoms with E-state index in [4.69, 9.17) is 23.2 Å². The van der Waals surface area contributed by atoms with Gasteiger partial charge in [0.05, 0.1) is 15.7 Å². The van der Waals surface area contributed by atoms with Gasteiger partial charge < -0.3 is 0 Å². The third kappa shape index (κ3) is 1.70. The highest BCUT2D eigenvalue weighted by Gasteiger charge is 2.29. The highest BCUT2D eigenvalue weighted by atomic mass is 35.5. The molecule has 1 aliphatic rings. The lowest BCUT2D eigenvalue weighted by molar-refractivity contribution is -0.119. The Morgan fingerprint density at radius 1 is 1.00 bits per heavy atom. The summed E-state index contributed by atoms with van der Waals surface area (Å²) >= 11 is 11.5. The lowest BCUT2D eigenvalue weighted by Crippen LogP contribution is -2.30. The van der Waals surface area contributed by atoms with E-state index in [1.54, 1.807) is 0 Å². The van der Waals surface area contributed by atoms with Crippen LogP contribution in [0.1, 0.15) is 0 Å². The van der Waals surface area contributed by atoms with Crippen LogP contribution in [0.3, 0.4) is 0 Å². The average molecular weight is 260 g/mol. The minimum absolute atomic E-state index is 0.00438. The fourth-order valence-electron chi connectivity index (χ4n) is 1.37. The van der Waals surface area contributed by atoms with Gasteiger partial charge in [-0.25, -0.2) is 9.29 Å². The van der Waals surface area contributed by atoms with Gasteiger partial charge in [-0.3, -0.25) is 9.59 Å². The molecule has 2 amide bonds. The van der Waals surface area contributed by atoms with Gasteiger partial charge in [0, 0.05) is 12.2 Å². The lowest BCUT2D eigenvalue weighted by atomic mass is 10.3. The minimum atomic E-state index is -0.634. The summed E-state index contributed by atoms with van der Waals surface area (Å²) in [5.74, 6) is -1.74. The second kappa shape index (κ2) is 3.88. The number of hydrogen-bond acceptors (Lipinski definition) is 2. The Balaban J connectivity index is 2.57. The van der Waals surface area contributed by atoms with Gasteiger partial charge in [0.1, 0.15) is 5.82 Å². The molecule has 0 aromatic heterocycles. The first-order valence-corrected chi connectivity index (χ1v) is 4.97. The van der Waals surface area contributed by atoms with Crippen LogP contribution < -0.4 is 4.90 Å². The highest BCUT2D eigenvalue weighted by molar-refractivity contribution is 6.43. The molecule has 0 fully saturated rings. The molecule has 0 aliphatic carbocycles. The number of carbonyl (C=O) groups is 2. The number of nitrogens with zero attached hydrogens (tertiary/aromatic N) is 1. The van der Waals surface area contributed by atoms with Crippen molar-refractivity contribution in [3.05, 3.63) is 40.1 Å². The third-order valence-electron chi connectivity index (χ3n) is 2.01. The second-order valence-corrected chi connectivity index (χ2v) is 3.88. The summed E-state index contributed by atoms with van der Waals surface area (Å²) in [6.45, 7) is 0. The topological polar surface area (TPSA) is 37.4 Å². The molecule has 1 aromatic rings. The van der Waals surface area contributed by atoms with Crippen molar-refractivity contribution in [1.82, 2.24) is 0 Å². The molecule has 1 aromatic carbocycles. The van der Waals surface area contributed by atoms with E-state index in [0.29, 0.717) is 0 Å². The van der Waals surface area contributed by atoms with Gasteiger partial charge in [0.15, 0.2) is 0 Å². The molecule has 82 valence electrons. The maximum Gasteiger partial charge on any atom is 0.258 e. The van der Waals surface area contributed by atoms with Crippen molar-refractivity contribution in [3.63, 3.8) is 0 Å². The fourth-order valence-corrected chi connectivity index (χ4v) is 2.00. The second-order valence-electron chi connectivity index (χ2n) is 3.06. The van der Waals surface area contributed by atoms with Crippen LogP contribution in [0.2, 0.25) is 10.0 Å². The van der Waals surface area contributed by atoms with Gasteiger partial charge >= 0.3 is 0 Å². The first kappa shape index (κ1) is 11.1. The number of halogens is 3. The maximum atomic E-state index is 12.9. The molecule has 2 rings (SSSR count). The van der Waals surface area contributed by atoms with Crippen molar-refractivity contribution in [3.8, 4) is 0 Å². The average Bonchev–Trinajstić information content (AvgIpc) is 2.47. The number of rotatable bonds is 1. The van der Waals surface area contributed by atoms with Gasteiger partial charge in [0.25, 0.3) is 11.8 Å². The zero-order valence-electron chi connectivity index (χ0n) is 7.71. The van der Waals surface area contributed by atoms with Crippen LogP contribution in [0, 0.1) is 5.82 Å². The molecule has 0 saturated carbocycles. The van der Waals surface area contributed by atoms with Crippen molar-refractivity contribution >= 4 is 40.7 Å². The summed E-state index contributed by atoms with van der Waals surface area (Å²) < 4.78 is 12.9. The van der Waals surface area contributed by atoms with Gasteiger partial charge in [-0.2, -0.15) is 0 Å². The van der Waals surface area contributed by atoms with Crippen LogP contribution in [0.15, 0.2) is 24.3 Å². The summed E-state index contributed by atoms with van der Waals surface area (Å²) in [7, 11) is 0. The molecule has 0 saturated heterocycles. The predicted octanol–water partition coefficient (Wildman–Crippen LogP) is 2.56. The molecule has 3 nitrogen and oxygen atoms in total. The van der Waals surface area contributed by atoms with Crippen LogP contribution in [-0.2, 0) is 9.59 Å². The number of anilines is 1. The summed E-state index contributed by atoms with van der Waals surface area (Å²) in [5.41, 5.74) is 0.00438. The van der Waals surface area contributed by atoms with Crippen LogP contribution in [0.4, 0.5) is 10.1 Å². The summed E-state index contributed by atoms with van der Waals surface area (Å²) in [6, 6.07) is 1.98. The van der Waals surface area contributed by atoms with E-state index in [1.165, 1.54) is 0 Å². The van der Waals surface area contributed by atoms with Gasteiger partial charge in [-0.1, -0.05) is 23.2 Å². The van der Waals surface area contributed by atoms with Gasteiger partial charge in [-0.05, 0) is 12.1 Å². The van der Waals surface area contributed by atoms with Crippen molar-refractivity contribution in [1.29, 1.82) is 0 Å². The van der Waals surface area contributed by atoms with Crippen molar-refractivity contribution in [2.75, 3.05) is 4.90 Å². The molecule has 1 aliphatic heterocycles. The standard InChI is InChI=1S/C10H4Cl2FNO2/c11-6-3-5(13)4-7(12)10(6)14-8(15)1-2-9(14)16/h1-4H. The number of carbonyl (C=O) groups excluding carboxylic acids is 2. The Bertz CT molecular complexity index is 487. The van der Waals surface area contributed by atoms with Crippen molar-refractivity contribution < 1.29 is 14.0 Å². The van der Waals surface area contributed by atoms with Gasteiger partial charge in [0.2, 0.25) is 0 Å². The zero-order valence-corrected chi connectivity index (χ0v) is 9.22. The molecule has 16 heavy (non-hydrogen) atoms. The maximum absolute atomic E-state index is 12.9. The normalized spacial score (nSPS) is 15.1. The highest BCUT2D eigenvalue weighted by Crippen LogP contribution is 2.36. The van der Waals surface area contributed by atoms with Crippen LogP contribution in [-0.4, -0.2) is 11.8 Å². The van der Waals surface area contributed by atoms with E-state index in [2.05, 4.69) is 0 Å². The van der Waals surface area contributed by atoms with E-state index >= 15 is 0 Å². The quantitative estimate of drug-likeness (QED) is 0.727. The lowest BCUT2D eigenvalue weighted by Gasteiger charge is -2.16. The number of amides is 2. The first-order chi connectivity index (χ1) is 7.50. The SMILES string of the molecule is O=C1C=CC(=O)N1c1c(Cl)cc(F)cc1Cl. The van der Waals surface area contributed by atoms with Crippen molar-refractivity contribution in [2.45, 2.75) is 0 Å². The number of hydrogen-bond donors (Lipinski definition) is 0. The molecular formula is C10H4Cl2FNO2. The first-order valence-electron chi connectivity index (χ1n) is 4.21. The monoisotopic (exact) mass is 259 g/mol. The van der Waals surface area contributed by atoms with E-state index in [-0.39, 0.29) is 15.7 Å². The molecule has 0 atom stereocenters. The van der Waals surface area contributed by atoms with Crippen LogP contribution in [0.25, 0.3) is 0 Å². The zero-order chi connectivity index (χ0) is 11.9. The molecular weight excluding hydrogens is 256 g/mol. The van der Waals surface area contributed by atoms with E-state index in [1.807, 2.05) is 0 Å². The molecule has 0 radical (unpaired) electrons. The fraction of sp³-hybridized carbons (Fsp3) is 0. The Hall–Kier alpha value is -1.39. The van der Waals surface area contributed by atoms with E-state index < -0.39 is 17.6 Å². The smallest absolute Gasteiger partial charge is 0.258 e. The molecule has 0 bridgehead atoms. The Morgan fingerprint density at radius 3 is 1.88 bits per heavy atom. The summed E-state index contributed by atoms with van der Waals surface area (Å²) in [6.07, 6.45) is 2.19. The third-order valence-corrected chi connectivity index (χ3v) is 2.59. The molecule has 0 spiro atoms. The Morgan fingerprint density at radius 2 is 1.44 bits per heavy atom. The van der Waals surface area contributed by atoms with E-state index in [0.717, 1.165) is 29.2 Å². The van der Waals surface area contributed by atoms with Crippen LogP contribution >= 0.6 is 23.2 Å². The summed E-state index contributed by atoms with van der Waals surface area (Å²) in [4.78, 5) is 23.6. The Labute approximate surface area is 100 Å². The van der Waals surface area contributed by atoms with Crippen LogP contribution in [0.5, 0.6) is 0 Å². The minimum Gasteiger partial charge on any atom is -0.269 e. The molecule has 0 N–H and O–H groups in total. The van der Waals surface area contributed by atoms with Crippen molar-refractivity contribution in [2.24, 2.45) is 0 Å². The van der Waals surface area contributed by atoms with E-state index in [9.17, 15) is 14.0 Å². The molecule has 6 heteroatoms.